The van der Waals surface area contributed by atoms with Gasteiger partial charge in [-0.25, -0.2) is 4.98 Å². The number of methoxy groups -OCH3 is 1. The van der Waals surface area contributed by atoms with Gasteiger partial charge >= 0.3 is 0 Å². The van der Waals surface area contributed by atoms with Gasteiger partial charge in [-0.05, 0) is 53.8 Å². The molecule has 0 aliphatic rings. The van der Waals surface area contributed by atoms with Gasteiger partial charge < -0.3 is 14.5 Å². The predicted molar refractivity (Wildman–Crippen MR) is 98.2 cm³/mol. The first-order valence-corrected chi connectivity index (χ1v) is 8.21. The van der Waals surface area contributed by atoms with Gasteiger partial charge in [0.15, 0.2) is 11.5 Å². The Labute approximate surface area is 146 Å². The van der Waals surface area contributed by atoms with E-state index in [1.807, 2.05) is 37.3 Å². The van der Waals surface area contributed by atoms with Crippen LogP contribution in [0.2, 0.25) is 0 Å². The molecule has 2 aromatic carbocycles. The van der Waals surface area contributed by atoms with Crippen LogP contribution < -0.4 is 15.0 Å². The molecule has 0 aliphatic heterocycles. The first kappa shape index (κ1) is 15.8. The fraction of sp³-hybridized carbons (Fsp3) is 0.176. The Morgan fingerprint density at radius 3 is 2.78 bits per heavy atom. The van der Waals surface area contributed by atoms with E-state index in [9.17, 15) is 4.79 Å². The van der Waals surface area contributed by atoms with E-state index < -0.39 is 0 Å². The lowest BCUT2D eigenvalue weighted by Gasteiger charge is -2.13. The highest BCUT2D eigenvalue weighted by Crippen LogP contribution is 2.36. The molecular weight excluding hydrogens is 407 g/mol. The standard InChI is InChI=1S/C17H15IN2O3/c1-3-23-15-12(18)8-10(9-14(15)22-2)16-19-13-7-5-4-6-11(13)17(21)20-16/h4-9H,3H2,1-2H3,(H,19,20,21). The summed E-state index contributed by atoms with van der Waals surface area (Å²) in [6.07, 6.45) is 0. The molecule has 0 aliphatic carbocycles. The van der Waals surface area contributed by atoms with E-state index in [0.717, 1.165) is 9.13 Å². The lowest BCUT2D eigenvalue weighted by Crippen LogP contribution is -2.09. The van der Waals surface area contributed by atoms with Crippen molar-refractivity contribution in [3.63, 3.8) is 0 Å². The number of H-pyrrole nitrogens is 1. The largest absolute Gasteiger partial charge is 0.493 e. The Kier molecular flexibility index (Phi) is 4.51. The number of hydrogen-bond acceptors (Lipinski definition) is 4. The van der Waals surface area contributed by atoms with Crippen LogP contribution in [0.3, 0.4) is 0 Å². The molecule has 6 heteroatoms. The molecule has 0 atom stereocenters. The molecule has 1 aromatic heterocycles. The second kappa shape index (κ2) is 6.57. The molecule has 0 radical (unpaired) electrons. The average molecular weight is 422 g/mol. The fourth-order valence-corrected chi connectivity index (χ4v) is 3.12. The zero-order valence-corrected chi connectivity index (χ0v) is 14.9. The van der Waals surface area contributed by atoms with Crippen molar-refractivity contribution in [1.29, 1.82) is 0 Å². The second-order valence-electron chi connectivity index (χ2n) is 4.85. The van der Waals surface area contributed by atoms with Crippen LogP contribution in [0.15, 0.2) is 41.2 Å². The number of ether oxygens (including phenoxy) is 2. The van der Waals surface area contributed by atoms with Gasteiger partial charge in [-0.15, -0.1) is 0 Å². The van der Waals surface area contributed by atoms with Crippen LogP contribution in [0, 0.1) is 3.57 Å². The Morgan fingerprint density at radius 1 is 1.26 bits per heavy atom. The Morgan fingerprint density at radius 2 is 2.04 bits per heavy atom. The van der Waals surface area contributed by atoms with E-state index in [4.69, 9.17) is 9.47 Å². The van der Waals surface area contributed by atoms with Gasteiger partial charge in [-0.1, -0.05) is 12.1 Å². The molecule has 118 valence electrons. The molecule has 1 heterocycles. The lowest BCUT2D eigenvalue weighted by atomic mass is 10.1. The highest BCUT2D eigenvalue weighted by molar-refractivity contribution is 14.1. The smallest absolute Gasteiger partial charge is 0.259 e. The molecule has 0 saturated heterocycles. The summed E-state index contributed by atoms with van der Waals surface area (Å²) >= 11 is 2.19. The van der Waals surface area contributed by atoms with Crippen LogP contribution in [0.4, 0.5) is 0 Å². The summed E-state index contributed by atoms with van der Waals surface area (Å²) in [5, 5.41) is 0.573. The molecule has 5 nitrogen and oxygen atoms in total. The van der Waals surface area contributed by atoms with Crippen LogP contribution in [-0.2, 0) is 0 Å². The maximum Gasteiger partial charge on any atom is 0.259 e. The first-order chi connectivity index (χ1) is 11.1. The van der Waals surface area contributed by atoms with Crippen LogP contribution in [0.25, 0.3) is 22.3 Å². The maximum atomic E-state index is 12.2. The van der Waals surface area contributed by atoms with Crippen LogP contribution in [-0.4, -0.2) is 23.7 Å². The number of nitrogens with one attached hydrogen (secondary N) is 1. The first-order valence-electron chi connectivity index (χ1n) is 7.13. The van der Waals surface area contributed by atoms with Gasteiger partial charge in [0, 0.05) is 5.56 Å². The molecular formula is C17H15IN2O3. The molecule has 0 amide bonds. The molecule has 1 N–H and O–H groups in total. The number of aromatic nitrogens is 2. The van der Waals surface area contributed by atoms with Crippen LogP contribution in [0.5, 0.6) is 11.5 Å². The molecule has 0 saturated carbocycles. The van der Waals surface area contributed by atoms with Crippen molar-refractivity contribution in [2.75, 3.05) is 13.7 Å². The number of nitrogens with zero attached hydrogens (tertiary/aromatic N) is 1. The van der Waals surface area contributed by atoms with E-state index in [1.165, 1.54) is 0 Å². The number of para-hydroxylation sites is 1. The maximum absolute atomic E-state index is 12.2. The Bertz CT molecular complexity index is 921. The van der Waals surface area contributed by atoms with E-state index in [0.29, 0.717) is 34.8 Å². The Balaban J connectivity index is 2.19. The van der Waals surface area contributed by atoms with Crippen molar-refractivity contribution >= 4 is 33.5 Å². The second-order valence-corrected chi connectivity index (χ2v) is 6.02. The minimum atomic E-state index is -0.159. The van der Waals surface area contributed by atoms with Gasteiger partial charge in [0.2, 0.25) is 0 Å². The van der Waals surface area contributed by atoms with E-state index in [2.05, 4.69) is 32.6 Å². The van der Waals surface area contributed by atoms with Gasteiger partial charge in [0.05, 0.1) is 28.2 Å². The molecule has 3 aromatic rings. The molecule has 0 fully saturated rings. The number of hydrogen-bond donors (Lipinski definition) is 1. The number of benzene rings is 2. The monoisotopic (exact) mass is 422 g/mol. The van der Waals surface area contributed by atoms with Gasteiger partial charge in [-0.3, -0.25) is 4.79 Å². The van der Waals surface area contributed by atoms with E-state index in [1.54, 1.807) is 13.2 Å². The van der Waals surface area contributed by atoms with Crippen molar-refractivity contribution in [2.24, 2.45) is 0 Å². The average Bonchev–Trinajstić information content (AvgIpc) is 2.56. The van der Waals surface area contributed by atoms with E-state index in [-0.39, 0.29) is 5.56 Å². The third-order valence-electron chi connectivity index (χ3n) is 3.40. The summed E-state index contributed by atoms with van der Waals surface area (Å²) < 4.78 is 11.9. The third-order valence-corrected chi connectivity index (χ3v) is 4.21. The Hall–Kier alpha value is -2.09. The summed E-state index contributed by atoms with van der Waals surface area (Å²) in [7, 11) is 1.59. The summed E-state index contributed by atoms with van der Waals surface area (Å²) in [6.45, 7) is 2.47. The topological polar surface area (TPSA) is 64.2 Å². The lowest BCUT2D eigenvalue weighted by molar-refractivity contribution is 0.309. The van der Waals surface area contributed by atoms with Crippen molar-refractivity contribution in [3.05, 3.63) is 50.3 Å². The normalized spacial score (nSPS) is 10.7. The molecule has 23 heavy (non-hydrogen) atoms. The summed E-state index contributed by atoms with van der Waals surface area (Å²) in [5.41, 5.74) is 1.28. The minimum absolute atomic E-state index is 0.159. The number of fused-ring (bicyclic) bond motifs is 1. The van der Waals surface area contributed by atoms with Crippen molar-refractivity contribution < 1.29 is 9.47 Å². The number of aromatic amines is 1. The van der Waals surface area contributed by atoms with Crippen molar-refractivity contribution in [3.8, 4) is 22.9 Å². The van der Waals surface area contributed by atoms with Crippen LogP contribution >= 0.6 is 22.6 Å². The minimum Gasteiger partial charge on any atom is -0.493 e. The van der Waals surface area contributed by atoms with Crippen molar-refractivity contribution in [1.82, 2.24) is 9.97 Å². The highest BCUT2D eigenvalue weighted by atomic mass is 127. The van der Waals surface area contributed by atoms with Gasteiger partial charge in [-0.2, -0.15) is 0 Å². The fourth-order valence-electron chi connectivity index (χ4n) is 2.36. The number of rotatable bonds is 4. The van der Waals surface area contributed by atoms with Crippen LogP contribution in [0.1, 0.15) is 6.92 Å². The van der Waals surface area contributed by atoms with Gasteiger partial charge in [0.1, 0.15) is 5.82 Å². The molecule has 0 spiro atoms. The molecule has 0 bridgehead atoms. The summed E-state index contributed by atoms with van der Waals surface area (Å²) in [4.78, 5) is 19.6. The SMILES string of the molecule is CCOc1c(I)cc(-c2nc3ccccc3c(=O)[nH]2)cc1OC. The number of halogens is 1. The predicted octanol–water partition coefficient (Wildman–Crippen LogP) is 3.60. The molecule has 3 rings (SSSR count). The zero-order valence-electron chi connectivity index (χ0n) is 12.7. The third kappa shape index (κ3) is 3.03. The summed E-state index contributed by atoms with van der Waals surface area (Å²) in [6, 6.07) is 11.0. The zero-order chi connectivity index (χ0) is 16.4. The van der Waals surface area contributed by atoms with E-state index >= 15 is 0 Å². The van der Waals surface area contributed by atoms with Gasteiger partial charge in [0.25, 0.3) is 5.56 Å². The highest BCUT2D eigenvalue weighted by Gasteiger charge is 2.14. The molecule has 0 unspecified atom stereocenters. The summed E-state index contributed by atoms with van der Waals surface area (Å²) in [5.74, 6) is 1.82. The quantitative estimate of drug-likeness (QED) is 0.653. The van der Waals surface area contributed by atoms with Crippen molar-refractivity contribution in [2.45, 2.75) is 6.92 Å².